The van der Waals surface area contributed by atoms with Crippen molar-refractivity contribution < 1.29 is 14.3 Å². The van der Waals surface area contributed by atoms with Crippen molar-refractivity contribution in [1.82, 2.24) is 10.2 Å². The quantitative estimate of drug-likeness (QED) is 0.480. The van der Waals surface area contributed by atoms with Crippen molar-refractivity contribution in [3.05, 3.63) is 18.2 Å². The molecule has 1 amide bonds. The minimum Gasteiger partial charge on any atom is -0.493 e. The fourth-order valence-corrected chi connectivity index (χ4v) is 3.53. The average Bonchev–Trinajstić information content (AvgIpc) is 3.08. The second-order valence-corrected chi connectivity index (χ2v) is 7.26. The third-order valence-electron chi connectivity index (χ3n) is 3.21. The summed E-state index contributed by atoms with van der Waals surface area (Å²) in [6, 6.07) is 5.24. The zero-order valence-corrected chi connectivity index (χ0v) is 16.1. The fraction of sp³-hybridized carbons (Fsp3) is 0.438. The van der Waals surface area contributed by atoms with Crippen LogP contribution in [0, 0.1) is 0 Å². The lowest BCUT2D eigenvalue weighted by Crippen LogP contribution is -2.14. The number of anilines is 2. The molecule has 0 aliphatic heterocycles. The van der Waals surface area contributed by atoms with Crippen LogP contribution in [0.3, 0.4) is 0 Å². The molecule has 0 saturated carbocycles. The largest absolute Gasteiger partial charge is 0.493 e. The van der Waals surface area contributed by atoms with Gasteiger partial charge < -0.3 is 20.1 Å². The first kappa shape index (κ1) is 19.3. The molecule has 0 spiro atoms. The van der Waals surface area contributed by atoms with Gasteiger partial charge in [0.1, 0.15) is 0 Å². The number of aromatic nitrogens is 2. The summed E-state index contributed by atoms with van der Waals surface area (Å²) in [5.41, 5.74) is 0.655. The zero-order chi connectivity index (χ0) is 18.1. The van der Waals surface area contributed by atoms with Crippen molar-refractivity contribution in [3.63, 3.8) is 0 Å². The lowest BCUT2D eigenvalue weighted by Gasteiger charge is -2.10. The molecule has 1 aromatic heterocycles. The summed E-state index contributed by atoms with van der Waals surface area (Å²) in [6.07, 6.45) is 2.22. The Labute approximate surface area is 155 Å². The molecule has 0 fully saturated rings. The summed E-state index contributed by atoms with van der Waals surface area (Å²) in [4.78, 5) is 12.1. The van der Waals surface area contributed by atoms with Crippen molar-refractivity contribution in [2.24, 2.45) is 0 Å². The van der Waals surface area contributed by atoms with Crippen LogP contribution in [0.1, 0.15) is 19.8 Å². The minimum absolute atomic E-state index is 0.118. The SMILES string of the molecule is CCCCNc1nnc(SCC(=O)Nc2ccc(OC)c(OC)c2)s1. The summed E-state index contributed by atoms with van der Waals surface area (Å²) >= 11 is 2.82. The molecule has 0 aliphatic carbocycles. The molecule has 1 heterocycles. The highest BCUT2D eigenvalue weighted by atomic mass is 32.2. The number of amides is 1. The smallest absolute Gasteiger partial charge is 0.234 e. The van der Waals surface area contributed by atoms with Crippen LogP contribution in [0.15, 0.2) is 22.5 Å². The number of methoxy groups -OCH3 is 2. The van der Waals surface area contributed by atoms with E-state index in [0.29, 0.717) is 17.2 Å². The number of nitrogens with one attached hydrogen (secondary N) is 2. The molecule has 0 aliphatic rings. The topological polar surface area (TPSA) is 85.4 Å². The standard InChI is InChI=1S/C16H22N4O3S2/c1-4-5-8-17-15-19-20-16(25-15)24-10-14(21)18-11-6-7-12(22-2)13(9-11)23-3/h6-7,9H,4-5,8,10H2,1-3H3,(H,17,19)(H,18,21). The highest BCUT2D eigenvalue weighted by Crippen LogP contribution is 2.30. The molecule has 2 aromatic rings. The maximum atomic E-state index is 12.1. The number of carbonyl (C=O) groups is 1. The van der Waals surface area contributed by atoms with Crippen molar-refractivity contribution >= 4 is 39.8 Å². The Hall–Kier alpha value is -2.00. The molecule has 2 N–H and O–H groups in total. The molecular weight excluding hydrogens is 360 g/mol. The van der Waals surface area contributed by atoms with Gasteiger partial charge in [-0.1, -0.05) is 36.4 Å². The van der Waals surface area contributed by atoms with Gasteiger partial charge >= 0.3 is 0 Å². The molecule has 2 rings (SSSR count). The van der Waals surface area contributed by atoms with E-state index in [9.17, 15) is 4.79 Å². The van der Waals surface area contributed by atoms with E-state index in [0.717, 1.165) is 28.9 Å². The Kier molecular flexibility index (Phi) is 7.80. The normalized spacial score (nSPS) is 10.4. The van der Waals surface area contributed by atoms with Crippen LogP contribution in [-0.4, -0.2) is 42.6 Å². The Balaban J connectivity index is 1.82. The van der Waals surface area contributed by atoms with Gasteiger partial charge in [-0.25, -0.2) is 0 Å². The van der Waals surface area contributed by atoms with Crippen LogP contribution in [0.25, 0.3) is 0 Å². The lowest BCUT2D eigenvalue weighted by molar-refractivity contribution is -0.113. The molecule has 1 aromatic carbocycles. The van der Waals surface area contributed by atoms with Gasteiger partial charge in [0.05, 0.1) is 20.0 Å². The first-order chi connectivity index (χ1) is 12.2. The van der Waals surface area contributed by atoms with E-state index >= 15 is 0 Å². The highest BCUT2D eigenvalue weighted by molar-refractivity contribution is 8.01. The first-order valence-corrected chi connectivity index (χ1v) is 9.68. The van der Waals surface area contributed by atoms with Crippen LogP contribution in [0.5, 0.6) is 11.5 Å². The Morgan fingerprint density at radius 2 is 2.04 bits per heavy atom. The number of hydrogen-bond donors (Lipinski definition) is 2. The predicted molar refractivity (Wildman–Crippen MR) is 102 cm³/mol. The first-order valence-electron chi connectivity index (χ1n) is 7.88. The van der Waals surface area contributed by atoms with Gasteiger partial charge in [-0.15, -0.1) is 10.2 Å². The Morgan fingerprint density at radius 1 is 1.24 bits per heavy atom. The molecule has 0 saturated heterocycles. The van der Waals surface area contributed by atoms with Crippen LogP contribution in [0.2, 0.25) is 0 Å². The van der Waals surface area contributed by atoms with Gasteiger partial charge in [-0.2, -0.15) is 0 Å². The van der Waals surface area contributed by atoms with Gasteiger partial charge in [0.25, 0.3) is 0 Å². The third kappa shape index (κ3) is 6.09. The number of ether oxygens (including phenoxy) is 2. The van der Waals surface area contributed by atoms with Crippen LogP contribution in [0.4, 0.5) is 10.8 Å². The number of benzene rings is 1. The fourth-order valence-electron chi connectivity index (χ4n) is 1.95. The molecule has 0 atom stereocenters. The number of rotatable bonds is 10. The number of nitrogens with zero attached hydrogens (tertiary/aromatic N) is 2. The Morgan fingerprint density at radius 3 is 2.76 bits per heavy atom. The van der Waals surface area contributed by atoms with E-state index in [-0.39, 0.29) is 11.7 Å². The highest BCUT2D eigenvalue weighted by Gasteiger charge is 2.10. The van der Waals surface area contributed by atoms with Crippen LogP contribution < -0.4 is 20.1 Å². The molecular formula is C16H22N4O3S2. The lowest BCUT2D eigenvalue weighted by atomic mass is 10.2. The Bertz CT molecular complexity index is 694. The second kappa shape index (κ2) is 10.1. The molecule has 9 heteroatoms. The van der Waals surface area contributed by atoms with Crippen molar-refractivity contribution in [2.45, 2.75) is 24.1 Å². The molecule has 0 bridgehead atoms. The summed E-state index contributed by atoms with van der Waals surface area (Å²) in [6.45, 7) is 3.02. The summed E-state index contributed by atoms with van der Waals surface area (Å²) in [7, 11) is 3.13. The molecule has 136 valence electrons. The number of thioether (sulfide) groups is 1. The van der Waals surface area contributed by atoms with Crippen LogP contribution in [-0.2, 0) is 4.79 Å². The molecule has 0 unspecified atom stereocenters. The minimum atomic E-state index is -0.118. The third-order valence-corrected chi connectivity index (χ3v) is 5.22. The number of hydrogen-bond acceptors (Lipinski definition) is 8. The zero-order valence-electron chi connectivity index (χ0n) is 14.5. The molecule has 0 radical (unpaired) electrons. The van der Waals surface area contributed by atoms with Gasteiger partial charge in [-0.05, 0) is 18.6 Å². The van der Waals surface area contributed by atoms with E-state index in [1.165, 1.54) is 23.1 Å². The van der Waals surface area contributed by atoms with Gasteiger partial charge in [-0.3, -0.25) is 4.79 Å². The summed E-state index contributed by atoms with van der Waals surface area (Å²) in [5.74, 6) is 1.33. The number of unbranched alkanes of at least 4 members (excludes halogenated alkanes) is 1. The van der Waals surface area contributed by atoms with E-state index < -0.39 is 0 Å². The second-order valence-electron chi connectivity index (χ2n) is 5.06. The van der Waals surface area contributed by atoms with Gasteiger partial charge in [0.2, 0.25) is 11.0 Å². The van der Waals surface area contributed by atoms with Crippen molar-refractivity contribution in [2.75, 3.05) is 37.2 Å². The van der Waals surface area contributed by atoms with Gasteiger partial charge in [0.15, 0.2) is 15.8 Å². The maximum absolute atomic E-state index is 12.1. The summed E-state index contributed by atoms with van der Waals surface area (Å²) in [5, 5.41) is 15.0. The van der Waals surface area contributed by atoms with Gasteiger partial charge in [0, 0.05) is 18.3 Å². The van der Waals surface area contributed by atoms with E-state index in [1.807, 2.05) is 0 Å². The summed E-state index contributed by atoms with van der Waals surface area (Å²) < 4.78 is 11.2. The molecule has 25 heavy (non-hydrogen) atoms. The predicted octanol–water partition coefficient (Wildman–Crippen LogP) is 3.50. The monoisotopic (exact) mass is 382 g/mol. The number of carbonyl (C=O) groups excluding carboxylic acids is 1. The van der Waals surface area contributed by atoms with Crippen molar-refractivity contribution in [1.29, 1.82) is 0 Å². The van der Waals surface area contributed by atoms with E-state index in [4.69, 9.17) is 9.47 Å². The van der Waals surface area contributed by atoms with E-state index in [1.54, 1.807) is 32.4 Å². The average molecular weight is 383 g/mol. The van der Waals surface area contributed by atoms with Crippen molar-refractivity contribution in [3.8, 4) is 11.5 Å². The maximum Gasteiger partial charge on any atom is 0.234 e. The molecule has 7 nitrogen and oxygen atoms in total. The van der Waals surface area contributed by atoms with E-state index in [2.05, 4.69) is 27.8 Å². The van der Waals surface area contributed by atoms with Crippen LogP contribution >= 0.6 is 23.1 Å².